The van der Waals surface area contributed by atoms with Crippen LogP contribution in [0.2, 0.25) is 0 Å². The molecule has 0 amide bonds. The molecule has 150 valence electrons. The van der Waals surface area contributed by atoms with E-state index < -0.39 is 0 Å². The minimum atomic E-state index is -0.249. The summed E-state index contributed by atoms with van der Waals surface area (Å²) in [4.78, 5) is 6.44. The zero-order valence-electron chi connectivity index (χ0n) is 16.3. The molecule has 0 fully saturated rings. The van der Waals surface area contributed by atoms with E-state index in [1.165, 1.54) is 17.8 Å². The molecule has 3 aromatic rings. The van der Waals surface area contributed by atoms with E-state index >= 15 is 0 Å². The van der Waals surface area contributed by atoms with Gasteiger partial charge in [0.1, 0.15) is 5.82 Å². The average Bonchev–Trinajstić information content (AvgIpc) is 3.29. The molecule has 1 aromatic carbocycles. The van der Waals surface area contributed by atoms with Crippen LogP contribution < -0.4 is 5.32 Å². The van der Waals surface area contributed by atoms with Gasteiger partial charge in [-0.05, 0) is 42.5 Å². The fourth-order valence-electron chi connectivity index (χ4n) is 2.90. The van der Waals surface area contributed by atoms with Crippen LogP contribution in [0.1, 0.15) is 11.4 Å². The molecule has 2 aromatic heterocycles. The molecule has 3 rings (SSSR count). The summed E-state index contributed by atoms with van der Waals surface area (Å²) in [6.07, 6.45) is 4.70. The smallest absolute Gasteiger partial charge is 0.193 e. The molecular formula is C20H26FIN6. The molecule has 0 bridgehead atoms. The third kappa shape index (κ3) is 5.57. The maximum Gasteiger partial charge on any atom is 0.193 e. The number of aryl methyl sites for hydroxylation is 1. The topological polar surface area (TPSA) is 50.4 Å². The van der Waals surface area contributed by atoms with Gasteiger partial charge in [-0.25, -0.2) is 9.07 Å². The number of nitrogens with zero attached hydrogens (tertiary/aromatic N) is 5. The second-order valence-corrected chi connectivity index (χ2v) is 6.42. The van der Waals surface area contributed by atoms with Gasteiger partial charge in [0.25, 0.3) is 0 Å². The number of hydrogen-bond donors (Lipinski definition) is 1. The molecule has 2 heterocycles. The summed E-state index contributed by atoms with van der Waals surface area (Å²) in [6, 6.07) is 12.4. The lowest BCUT2D eigenvalue weighted by Gasteiger charge is -2.22. The quantitative estimate of drug-likeness (QED) is 0.324. The van der Waals surface area contributed by atoms with Gasteiger partial charge in [-0.2, -0.15) is 5.10 Å². The van der Waals surface area contributed by atoms with E-state index in [9.17, 15) is 4.39 Å². The van der Waals surface area contributed by atoms with Gasteiger partial charge in [-0.3, -0.25) is 4.99 Å². The zero-order valence-corrected chi connectivity index (χ0v) is 18.7. The summed E-state index contributed by atoms with van der Waals surface area (Å²) in [5.41, 5.74) is 3.03. The molecule has 0 aliphatic heterocycles. The van der Waals surface area contributed by atoms with Crippen LogP contribution in [0.4, 0.5) is 4.39 Å². The number of nitrogens with one attached hydrogen (secondary N) is 1. The van der Waals surface area contributed by atoms with Crippen LogP contribution in [0.15, 0.2) is 59.9 Å². The lowest BCUT2D eigenvalue weighted by atomic mass is 10.3. The van der Waals surface area contributed by atoms with E-state index in [0.29, 0.717) is 0 Å². The molecule has 1 N–H and O–H groups in total. The number of aliphatic imine (C=N–C) groups is 1. The fourth-order valence-corrected chi connectivity index (χ4v) is 2.90. The molecule has 0 unspecified atom stereocenters. The Morgan fingerprint density at radius 1 is 1.18 bits per heavy atom. The molecule has 0 aliphatic carbocycles. The molecule has 28 heavy (non-hydrogen) atoms. The number of rotatable bonds is 6. The van der Waals surface area contributed by atoms with Crippen molar-refractivity contribution < 1.29 is 4.39 Å². The van der Waals surface area contributed by atoms with Crippen molar-refractivity contribution in [2.75, 3.05) is 20.6 Å². The number of guanidine groups is 1. The Morgan fingerprint density at radius 3 is 2.57 bits per heavy atom. The van der Waals surface area contributed by atoms with Crippen molar-refractivity contribution in [1.82, 2.24) is 24.6 Å². The Balaban J connectivity index is 0.00000280. The molecule has 6 nitrogen and oxygen atoms in total. The summed E-state index contributed by atoms with van der Waals surface area (Å²) < 4.78 is 16.9. The van der Waals surface area contributed by atoms with Crippen molar-refractivity contribution in [3.8, 4) is 5.69 Å². The van der Waals surface area contributed by atoms with Crippen molar-refractivity contribution in [1.29, 1.82) is 0 Å². The van der Waals surface area contributed by atoms with Crippen LogP contribution in [0.5, 0.6) is 0 Å². The summed E-state index contributed by atoms with van der Waals surface area (Å²) in [7, 11) is 5.84. The third-order valence-corrected chi connectivity index (χ3v) is 4.42. The Labute approximate surface area is 182 Å². The largest absolute Gasteiger partial charge is 0.356 e. The zero-order chi connectivity index (χ0) is 19.2. The highest BCUT2D eigenvalue weighted by Gasteiger charge is 2.08. The average molecular weight is 496 g/mol. The Bertz CT molecular complexity index is 900. The Kier molecular flexibility index (Phi) is 8.04. The first-order valence-corrected chi connectivity index (χ1v) is 8.89. The van der Waals surface area contributed by atoms with Gasteiger partial charge in [0.2, 0.25) is 0 Å². The van der Waals surface area contributed by atoms with E-state index in [2.05, 4.69) is 30.9 Å². The summed E-state index contributed by atoms with van der Waals surface area (Å²) in [5.74, 6) is 0.593. The van der Waals surface area contributed by atoms with Crippen molar-refractivity contribution in [3.63, 3.8) is 0 Å². The van der Waals surface area contributed by atoms with E-state index in [-0.39, 0.29) is 29.8 Å². The minimum Gasteiger partial charge on any atom is -0.356 e. The predicted molar refractivity (Wildman–Crippen MR) is 121 cm³/mol. The van der Waals surface area contributed by atoms with Crippen LogP contribution >= 0.6 is 24.0 Å². The van der Waals surface area contributed by atoms with E-state index in [1.807, 2.05) is 38.6 Å². The van der Waals surface area contributed by atoms with Crippen LogP contribution in [-0.2, 0) is 20.0 Å². The molecule has 0 aliphatic rings. The predicted octanol–water partition coefficient (Wildman–Crippen LogP) is 3.22. The highest BCUT2D eigenvalue weighted by Crippen LogP contribution is 2.09. The lowest BCUT2D eigenvalue weighted by Crippen LogP contribution is -2.39. The van der Waals surface area contributed by atoms with Crippen molar-refractivity contribution >= 4 is 29.9 Å². The van der Waals surface area contributed by atoms with Crippen molar-refractivity contribution in [2.24, 2.45) is 12.0 Å². The Morgan fingerprint density at radius 2 is 1.93 bits per heavy atom. The van der Waals surface area contributed by atoms with Gasteiger partial charge in [-0.1, -0.05) is 0 Å². The van der Waals surface area contributed by atoms with Crippen LogP contribution in [0.25, 0.3) is 5.69 Å². The SMILES string of the molecule is CN=C(NCCc1ccn(-c2ccc(F)cc2)n1)N(C)Cc1cccn1C.I. The van der Waals surface area contributed by atoms with Gasteiger partial charge in [0.05, 0.1) is 17.9 Å². The van der Waals surface area contributed by atoms with Crippen LogP contribution in [-0.4, -0.2) is 45.8 Å². The lowest BCUT2D eigenvalue weighted by molar-refractivity contribution is 0.462. The van der Waals surface area contributed by atoms with Gasteiger partial charge < -0.3 is 14.8 Å². The molecule has 0 atom stereocenters. The Hall–Kier alpha value is -2.36. The number of halogens is 2. The molecule has 0 saturated carbocycles. The van der Waals surface area contributed by atoms with E-state index in [1.54, 1.807) is 23.9 Å². The molecule has 8 heteroatoms. The van der Waals surface area contributed by atoms with Gasteiger partial charge in [0, 0.05) is 52.2 Å². The second-order valence-electron chi connectivity index (χ2n) is 6.42. The molecule has 0 spiro atoms. The van der Waals surface area contributed by atoms with Gasteiger partial charge >= 0.3 is 0 Å². The number of aromatic nitrogens is 3. The molecule has 0 saturated heterocycles. The van der Waals surface area contributed by atoms with Crippen LogP contribution in [0.3, 0.4) is 0 Å². The standard InChI is InChI=1S/C20H25FN6.HI/c1-22-20(26(3)15-19-5-4-13-25(19)2)23-12-10-17-11-14-27(24-17)18-8-6-16(21)7-9-18;/h4-9,11,13-14H,10,12,15H2,1-3H3,(H,22,23);1H. The van der Waals surface area contributed by atoms with Crippen molar-refractivity contribution in [3.05, 3.63) is 72.1 Å². The first kappa shape index (κ1) is 21.9. The molecule has 0 radical (unpaired) electrons. The number of hydrogen-bond acceptors (Lipinski definition) is 2. The van der Waals surface area contributed by atoms with Crippen molar-refractivity contribution in [2.45, 2.75) is 13.0 Å². The third-order valence-electron chi connectivity index (χ3n) is 4.42. The monoisotopic (exact) mass is 496 g/mol. The summed E-state index contributed by atoms with van der Waals surface area (Å²) >= 11 is 0. The minimum absolute atomic E-state index is 0. The highest BCUT2D eigenvalue weighted by molar-refractivity contribution is 14.0. The first-order chi connectivity index (χ1) is 13.1. The highest BCUT2D eigenvalue weighted by atomic mass is 127. The first-order valence-electron chi connectivity index (χ1n) is 8.89. The fraction of sp³-hybridized carbons (Fsp3) is 0.300. The molecular weight excluding hydrogens is 470 g/mol. The normalized spacial score (nSPS) is 11.2. The van der Waals surface area contributed by atoms with Crippen LogP contribution in [0, 0.1) is 5.82 Å². The maximum atomic E-state index is 13.0. The maximum absolute atomic E-state index is 13.0. The van der Waals surface area contributed by atoms with E-state index in [0.717, 1.165) is 36.9 Å². The summed E-state index contributed by atoms with van der Waals surface area (Å²) in [6.45, 7) is 1.51. The summed E-state index contributed by atoms with van der Waals surface area (Å²) in [5, 5.41) is 7.92. The second kappa shape index (κ2) is 10.3. The number of benzene rings is 1. The van der Waals surface area contributed by atoms with Gasteiger partial charge in [-0.15, -0.1) is 24.0 Å². The van der Waals surface area contributed by atoms with E-state index in [4.69, 9.17) is 0 Å². The van der Waals surface area contributed by atoms with Gasteiger partial charge in [0.15, 0.2) is 5.96 Å².